The minimum absolute atomic E-state index is 0.135. The topological polar surface area (TPSA) is 166 Å². The molecule has 0 unspecified atom stereocenters. The zero-order valence-electron chi connectivity index (χ0n) is 22.1. The molecule has 208 valence electrons. The van der Waals surface area contributed by atoms with E-state index in [4.69, 9.17) is 0 Å². The number of fused-ring (bicyclic) bond motifs is 8. The molecular formula is C29H24N4O6S2. The molecule has 2 aliphatic heterocycles. The van der Waals surface area contributed by atoms with Crippen molar-refractivity contribution in [1.29, 1.82) is 0 Å². The van der Waals surface area contributed by atoms with E-state index in [1.165, 1.54) is 20.8 Å². The Morgan fingerprint density at radius 1 is 0.585 bits per heavy atom. The highest BCUT2D eigenvalue weighted by Crippen LogP contribution is 2.41. The van der Waals surface area contributed by atoms with Crippen molar-refractivity contribution < 1.29 is 25.9 Å². The van der Waals surface area contributed by atoms with Gasteiger partial charge in [-0.1, -0.05) is 0 Å². The van der Waals surface area contributed by atoms with Crippen LogP contribution in [0.3, 0.4) is 0 Å². The van der Waals surface area contributed by atoms with Crippen LogP contribution < -0.4 is 0 Å². The van der Waals surface area contributed by atoms with Crippen molar-refractivity contribution in [2.75, 3.05) is 0 Å². The van der Waals surface area contributed by atoms with Crippen molar-refractivity contribution in [3.8, 4) is 11.1 Å². The summed E-state index contributed by atoms with van der Waals surface area (Å²) < 4.78 is 69.9. The summed E-state index contributed by atoms with van der Waals surface area (Å²) in [6.45, 7) is 4.21. The number of aromatic nitrogens is 4. The first kappa shape index (κ1) is 26.8. The Labute approximate surface area is 235 Å². The van der Waals surface area contributed by atoms with Gasteiger partial charge in [-0.05, 0) is 110 Å². The van der Waals surface area contributed by atoms with Gasteiger partial charge in [-0.15, -0.1) is 0 Å². The van der Waals surface area contributed by atoms with Crippen LogP contribution in [0.1, 0.15) is 39.5 Å². The Balaban J connectivity index is 1.76. The van der Waals surface area contributed by atoms with Gasteiger partial charge in [-0.3, -0.25) is 9.11 Å². The van der Waals surface area contributed by atoms with Gasteiger partial charge in [-0.25, -0.2) is 9.97 Å². The Morgan fingerprint density at radius 3 is 1.49 bits per heavy atom. The van der Waals surface area contributed by atoms with E-state index in [1.54, 1.807) is 18.2 Å². The summed E-state index contributed by atoms with van der Waals surface area (Å²) in [4.78, 5) is 14.8. The lowest BCUT2D eigenvalue weighted by Crippen LogP contribution is -2.13. The molecule has 5 heterocycles. The van der Waals surface area contributed by atoms with E-state index in [2.05, 4.69) is 19.9 Å². The maximum absolute atomic E-state index is 12.4. The molecule has 0 atom stereocenters. The molecular weight excluding hydrogens is 564 g/mol. The van der Waals surface area contributed by atoms with Crippen LogP contribution in [0.25, 0.3) is 57.5 Å². The lowest BCUT2D eigenvalue weighted by molar-refractivity contribution is 0.479. The van der Waals surface area contributed by atoms with Crippen molar-refractivity contribution in [2.24, 2.45) is 0 Å². The first-order valence-corrected chi connectivity index (χ1v) is 15.3. The fourth-order valence-electron chi connectivity index (χ4n) is 5.58. The fraction of sp³-hybridized carbons (Fsp3) is 0.103. The number of aromatic amines is 2. The second-order valence-corrected chi connectivity index (χ2v) is 12.7. The molecule has 0 fully saturated rings. The van der Waals surface area contributed by atoms with Gasteiger partial charge in [0.25, 0.3) is 20.2 Å². The van der Waals surface area contributed by atoms with Crippen LogP contribution in [0.2, 0.25) is 0 Å². The van der Waals surface area contributed by atoms with Gasteiger partial charge in [0.05, 0.1) is 22.8 Å². The lowest BCUT2D eigenvalue weighted by atomic mass is 9.94. The third-order valence-electron chi connectivity index (χ3n) is 7.07. The fourth-order valence-corrected chi connectivity index (χ4v) is 7.60. The van der Waals surface area contributed by atoms with Crippen LogP contribution in [0.4, 0.5) is 0 Å². The van der Waals surface area contributed by atoms with Gasteiger partial charge >= 0.3 is 0 Å². The lowest BCUT2D eigenvalue weighted by Gasteiger charge is -2.19. The molecule has 3 aromatic heterocycles. The average Bonchev–Trinajstić information content (AvgIpc) is 3.63. The first-order valence-electron chi connectivity index (χ1n) is 12.5. The second kappa shape index (κ2) is 9.35. The minimum atomic E-state index is -4.86. The molecule has 0 saturated heterocycles. The number of nitrogens with zero attached hydrogens (tertiary/aromatic N) is 2. The third-order valence-corrected chi connectivity index (χ3v) is 9.32. The third kappa shape index (κ3) is 4.91. The molecule has 8 bridgehead atoms. The molecule has 0 saturated carbocycles. The number of hydrogen-bond donors (Lipinski definition) is 4. The Morgan fingerprint density at radius 2 is 1.02 bits per heavy atom. The zero-order chi connectivity index (χ0) is 29.3. The van der Waals surface area contributed by atoms with Crippen LogP contribution in [0, 0.1) is 20.8 Å². The van der Waals surface area contributed by atoms with Crippen LogP contribution in [0.15, 0.2) is 52.3 Å². The molecule has 0 aliphatic carbocycles. The molecule has 4 N–H and O–H groups in total. The minimum Gasteiger partial charge on any atom is -0.355 e. The van der Waals surface area contributed by atoms with E-state index < -0.39 is 30.0 Å². The van der Waals surface area contributed by atoms with Gasteiger partial charge in [0.2, 0.25) is 0 Å². The summed E-state index contributed by atoms with van der Waals surface area (Å²) in [5.74, 6) is 0. The van der Waals surface area contributed by atoms with Crippen LogP contribution in [-0.2, 0) is 20.2 Å². The van der Waals surface area contributed by atoms with E-state index in [1.807, 2.05) is 48.6 Å². The van der Waals surface area contributed by atoms with Crippen molar-refractivity contribution in [2.45, 2.75) is 30.6 Å². The smallest absolute Gasteiger partial charge is 0.295 e. The predicted octanol–water partition coefficient (Wildman–Crippen LogP) is 5.74. The Kier molecular flexibility index (Phi) is 6.12. The zero-order valence-corrected chi connectivity index (χ0v) is 23.7. The molecule has 2 aliphatic rings. The maximum atomic E-state index is 12.4. The standard InChI is InChI=1S/C29H24N4O6S2/c1-15-27(16(2)29(41(37,38)39)17(3)28(15)40(34,35)36)25-13-24-12-22-7-6-20(31-22)10-18-4-5-19(30-18)11-21-8-9-23(32-21)14-26(25)33-24/h4-14,30,33H,1-3H3,(H,34,35,36)(H,37,38,39). The summed E-state index contributed by atoms with van der Waals surface area (Å²) in [7, 11) is -9.72. The molecule has 1 aromatic carbocycles. The molecule has 0 radical (unpaired) electrons. The van der Waals surface area contributed by atoms with Crippen molar-refractivity contribution in [3.05, 3.63) is 81.9 Å². The maximum Gasteiger partial charge on any atom is 0.295 e. The van der Waals surface area contributed by atoms with Gasteiger partial charge in [0.15, 0.2) is 0 Å². The van der Waals surface area contributed by atoms with E-state index in [-0.39, 0.29) is 22.3 Å². The molecule has 4 aromatic rings. The van der Waals surface area contributed by atoms with Gasteiger partial charge in [0, 0.05) is 27.6 Å². The molecule has 12 heteroatoms. The predicted molar refractivity (Wildman–Crippen MR) is 158 cm³/mol. The summed E-state index contributed by atoms with van der Waals surface area (Å²) in [6.07, 6.45) is 7.40. The SMILES string of the molecule is Cc1c(-c2cc3cc4nc(cc5ccc(cc6nc(cc2[nH]3)C=C6)[nH]5)C=C4)c(C)c(S(=O)(=O)O)c(C)c1S(=O)(=O)O. The summed E-state index contributed by atoms with van der Waals surface area (Å²) in [5, 5.41) is 0. The van der Waals surface area contributed by atoms with E-state index >= 15 is 0 Å². The average molecular weight is 589 g/mol. The summed E-state index contributed by atoms with van der Waals surface area (Å²) in [6, 6.07) is 13.0. The second-order valence-electron chi connectivity index (χ2n) is 9.95. The molecule has 6 rings (SSSR count). The number of H-pyrrole nitrogens is 2. The van der Waals surface area contributed by atoms with Crippen LogP contribution in [-0.4, -0.2) is 45.9 Å². The van der Waals surface area contributed by atoms with Gasteiger partial charge in [-0.2, -0.15) is 16.8 Å². The highest BCUT2D eigenvalue weighted by Gasteiger charge is 2.30. The van der Waals surface area contributed by atoms with Crippen LogP contribution >= 0.6 is 0 Å². The highest BCUT2D eigenvalue weighted by atomic mass is 32.2. The summed E-state index contributed by atoms with van der Waals surface area (Å²) >= 11 is 0. The van der Waals surface area contributed by atoms with Crippen molar-refractivity contribution >= 4 is 66.6 Å². The van der Waals surface area contributed by atoms with Crippen molar-refractivity contribution in [3.63, 3.8) is 0 Å². The molecule has 10 nitrogen and oxygen atoms in total. The molecule has 0 amide bonds. The number of rotatable bonds is 3. The van der Waals surface area contributed by atoms with Gasteiger partial charge in [0.1, 0.15) is 9.79 Å². The highest BCUT2D eigenvalue weighted by molar-refractivity contribution is 7.86. The number of benzene rings is 1. The van der Waals surface area contributed by atoms with Crippen molar-refractivity contribution in [1.82, 2.24) is 19.9 Å². The normalized spacial score (nSPS) is 13.2. The Hall–Kier alpha value is -4.36. The largest absolute Gasteiger partial charge is 0.355 e. The van der Waals surface area contributed by atoms with Crippen LogP contribution in [0.5, 0.6) is 0 Å². The monoisotopic (exact) mass is 588 g/mol. The number of hydrogen-bond acceptors (Lipinski definition) is 6. The quantitative estimate of drug-likeness (QED) is 0.190. The number of nitrogens with one attached hydrogen (secondary N) is 2. The molecule has 41 heavy (non-hydrogen) atoms. The van der Waals surface area contributed by atoms with E-state index in [0.29, 0.717) is 33.7 Å². The Bertz CT molecular complexity index is 2180. The summed E-state index contributed by atoms with van der Waals surface area (Å²) in [5.41, 5.74) is 6.23. The van der Waals surface area contributed by atoms with Gasteiger partial charge < -0.3 is 9.97 Å². The molecule has 0 spiro atoms. The van der Waals surface area contributed by atoms with E-state index in [9.17, 15) is 25.9 Å². The first-order chi connectivity index (χ1) is 19.3. The van der Waals surface area contributed by atoms with E-state index in [0.717, 1.165) is 16.7 Å².